The summed E-state index contributed by atoms with van der Waals surface area (Å²) in [5.74, 6) is -0.188. The summed E-state index contributed by atoms with van der Waals surface area (Å²) < 4.78 is 34.0. The highest BCUT2D eigenvalue weighted by molar-refractivity contribution is 7.89. The maximum absolute atomic E-state index is 13.8. The first-order chi connectivity index (χ1) is 17.3. The van der Waals surface area contributed by atoms with E-state index < -0.39 is 10.0 Å². The zero-order valence-electron chi connectivity index (χ0n) is 21.1. The Kier molecular flexibility index (Phi) is 8.62. The second kappa shape index (κ2) is 11.7. The Morgan fingerprint density at radius 1 is 1.08 bits per heavy atom. The van der Waals surface area contributed by atoms with E-state index >= 15 is 0 Å². The number of rotatable bonds is 10. The average Bonchev–Trinajstić information content (AvgIpc) is 3.35. The number of fused-ring (bicyclic) bond motifs is 1. The normalized spacial score (nSPS) is 15.8. The van der Waals surface area contributed by atoms with E-state index in [2.05, 4.69) is 30.5 Å². The van der Waals surface area contributed by atoms with E-state index in [0.717, 1.165) is 28.7 Å². The fourth-order valence-electron chi connectivity index (χ4n) is 4.69. The van der Waals surface area contributed by atoms with Crippen molar-refractivity contribution in [2.45, 2.75) is 44.6 Å². The highest BCUT2D eigenvalue weighted by atomic mass is 32.2. The van der Waals surface area contributed by atoms with E-state index in [1.807, 2.05) is 30.9 Å². The number of amides is 1. The van der Waals surface area contributed by atoms with Crippen molar-refractivity contribution in [3.63, 3.8) is 0 Å². The Hall–Kier alpha value is -2.52. The van der Waals surface area contributed by atoms with Crippen LogP contribution in [0.15, 0.2) is 64.9 Å². The van der Waals surface area contributed by atoms with Gasteiger partial charge in [-0.25, -0.2) is 8.42 Å². The summed E-state index contributed by atoms with van der Waals surface area (Å²) in [5, 5.41) is 2.08. The van der Waals surface area contributed by atoms with E-state index in [1.54, 1.807) is 35.6 Å². The van der Waals surface area contributed by atoms with E-state index in [9.17, 15) is 13.2 Å². The van der Waals surface area contributed by atoms with Gasteiger partial charge >= 0.3 is 0 Å². The van der Waals surface area contributed by atoms with Crippen LogP contribution in [0, 0.1) is 13.8 Å². The Morgan fingerprint density at radius 3 is 2.56 bits per heavy atom. The third-order valence-corrected chi connectivity index (χ3v) is 9.50. The van der Waals surface area contributed by atoms with Gasteiger partial charge in [-0.05, 0) is 73.9 Å². The molecule has 0 radical (unpaired) electrons. The van der Waals surface area contributed by atoms with Gasteiger partial charge in [-0.3, -0.25) is 4.79 Å². The van der Waals surface area contributed by atoms with Crippen LogP contribution in [-0.2, 0) is 26.0 Å². The third-order valence-electron chi connectivity index (χ3n) is 6.64. The van der Waals surface area contributed by atoms with Crippen LogP contribution in [0.1, 0.15) is 46.5 Å². The molecule has 0 fully saturated rings. The van der Waals surface area contributed by atoms with Gasteiger partial charge in [0, 0.05) is 31.2 Å². The highest BCUT2D eigenvalue weighted by Gasteiger charge is 2.36. The fourth-order valence-corrected chi connectivity index (χ4v) is 7.02. The lowest BCUT2D eigenvalue weighted by Gasteiger charge is -2.38. The molecule has 3 aromatic rings. The zero-order valence-corrected chi connectivity index (χ0v) is 22.8. The number of sulfonamides is 1. The maximum Gasteiger partial charge on any atom is 0.243 e. The molecular weight excluding hydrogens is 492 g/mol. The molecule has 0 bridgehead atoms. The number of aryl methyl sites for hydroxylation is 2. The van der Waals surface area contributed by atoms with Crippen molar-refractivity contribution in [3.8, 4) is 0 Å². The summed E-state index contributed by atoms with van der Waals surface area (Å²) in [6, 6.07) is 16.8. The van der Waals surface area contributed by atoms with Gasteiger partial charge in [0.2, 0.25) is 15.9 Å². The van der Waals surface area contributed by atoms with E-state index in [-0.39, 0.29) is 29.9 Å². The second-order valence-electron chi connectivity index (χ2n) is 9.10. The number of hydrogen-bond donors (Lipinski definition) is 0. The first-order valence-electron chi connectivity index (χ1n) is 12.4. The van der Waals surface area contributed by atoms with Gasteiger partial charge in [0.05, 0.1) is 17.5 Å². The minimum atomic E-state index is -3.85. The molecule has 1 unspecified atom stereocenters. The standard InChI is InChI=1S/C28H34N2O4S2/c1-4-34-18-7-16-29(36(32,33)23-12-10-21(2)11-13-23)20-27(31)30-17-14-26-25(15-19-35-26)28(30)24-9-6-5-8-22(24)3/h5-6,8-13,15,19,28H,4,7,14,16-18,20H2,1-3H3. The van der Waals surface area contributed by atoms with Crippen molar-refractivity contribution in [2.75, 3.05) is 32.8 Å². The van der Waals surface area contributed by atoms with Crippen molar-refractivity contribution in [1.29, 1.82) is 0 Å². The number of hydrogen-bond acceptors (Lipinski definition) is 5. The van der Waals surface area contributed by atoms with Crippen LogP contribution < -0.4 is 0 Å². The van der Waals surface area contributed by atoms with Crippen LogP contribution in [0.25, 0.3) is 0 Å². The maximum atomic E-state index is 13.8. The number of thiophene rings is 1. The Morgan fingerprint density at radius 2 is 1.83 bits per heavy atom. The zero-order chi connectivity index (χ0) is 25.7. The van der Waals surface area contributed by atoms with Crippen LogP contribution in [-0.4, -0.2) is 56.4 Å². The molecule has 1 aliphatic rings. The molecule has 8 heteroatoms. The minimum Gasteiger partial charge on any atom is -0.382 e. The smallest absolute Gasteiger partial charge is 0.243 e. The van der Waals surface area contributed by atoms with Gasteiger partial charge in [-0.1, -0.05) is 42.0 Å². The molecule has 36 heavy (non-hydrogen) atoms. The molecule has 0 aliphatic carbocycles. The molecule has 0 saturated carbocycles. The molecule has 1 aliphatic heterocycles. The molecule has 0 saturated heterocycles. The van der Waals surface area contributed by atoms with Crippen LogP contribution in [0.3, 0.4) is 0 Å². The summed E-state index contributed by atoms with van der Waals surface area (Å²) in [5.41, 5.74) is 4.31. The Labute approximate surface area is 218 Å². The van der Waals surface area contributed by atoms with Gasteiger partial charge in [-0.15, -0.1) is 11.3 Å². The van der Waals surface area contributed by atoms with E-state index in [1.165, 1.54) is 9.18 Å². The molecule has 4 rings (SSSR count). The van der Waals surface area contributed by atoms with Crippen molar-refractivity contribution in [2.24, 2.45) is 0 Å². The summed E-state index contributed by atoms with van der Waals surface area (Å²) in [6.45, 7) is 7.46. The lowest BCUT2D eigenvalue weighted by Crippen LogP contribution is -2.47. The average molecular weight is 527 g/mol. The Bertz CT molecular complexity index is 1280. The predicted octanol–water partition coefficient (Wildman–Crippen LogP) is 4.96. The minimum absolute atomic E-state index is 0.188. The van der Waals surface area contributed by atoms with E-state index in [0.29, 0.717) is 26.2 Å². The lowest BCUT2D eigenvalue weighted by atomic mass is 9.90. The van der Waals surface area contributed by atoms with Crippen LogP contribution in [0.4, 0.5) is 0 Å². The number of carbonyl (C=O) groups is 1. The third kappa shape index (κ3) is 5.72. The topological polar surface area (TPSA) is 66.9 Å². The van der Waals surface area contributed by atoms with Crippen molar-refractivity contribution < 1.29 is 17.9 Å². The van der Waals surface area contributed by atoms with Crippen LogP contribution in [0.2, 0.25) is 0 Å². The number of carbonyl (C=O) groups excluding carboxylic acids is 1. The molecule has 0 N–H and O–H groups in total. The highest BCUT2D eigenvalue weighted by Crippen LogP contribution is 2.39. The monoisotopic (exact) mass is 526 g/mol. The first-order valence-corrected chi connectivity index (χ1v) is 14.7. The fraction of sp³-hybridized carbons (Fsp3) is 0.393. The van der Waals surface area contributed by atoms with Crippen molar-refractivity contribution in [3.05, 3.63) is 87.1 Å². The lowest BCUT2D eigenvalue weighted by molar-refractivity contribution is -0.133. The second-order valence-corrected chi connectivity index (χ2v) is 12.0. The summed E-state index contributed by atoms with van der Waals surface area (Å²) in [4.78, 5) is 17.2. The summed E-state index contributed by atoms with van der Waals surface area (Å²) in [6.07, 6.45) is 1.29. The Balaban J connectivity index is 1.64. The van der Waals surface area contributed by atoms with Crippen LogP contribution >= 0.6 is 11.3 Å². The van der Waals surface area contributed by atoms with Gasteiger partial charge in [0.25, 0.3) is 0 Å². The van der Waals surface area contributed by atoms with Gasteiger partial charge in [0.1, 0.15) is 0 Å². The quantitative estimate of drug-likeness (QED) is 0.351. The number of ether oxygens (including phenoxy) is 1. The molecular formula is C28H34N2O4S2. The van der Waals surface area contributed by atoms with Gasteiger partial charge in [0.15, 0.2) is 0 Å². The summed E-state index contributed by atoms with van der Waals surface area (Å²) >= 11 is 1.72. The van der Waals surface area contributed by atoms with E-state index in [4.69, 9.17) is 4.74 Å². The van der Waals surface area contributed by atoms with Crippen LogP contribution in [0.5, 0.6) is 0 Å². The number of nitrogens with zero attached hydrogens (tertiary/aromatic N) is 2. The number of benzene rings is 2. The molecule has 6 nitrogen and oxygen atoms in total. The van der Waals surface area contributed by atoms with Crippen molar-refractivity contribution >= 4 is 27.3 Å². The summed E-state index contributed by atoms with van der Waals surface area (Å²) in [7, 11) is -3.85. The molecule has 192 valence electrons. The molecule has 2 aromatic carbocycles. The van der Waals surface area contributed by atoms with Crippen molar-refractivity contribution in [1.82, 2.24) is 9.21 Å². The molecule has 2 heterocycles. The largest absolute Gasteiger partial charge is 0.382 e. The predicted molar refractivity (Wildman–Crippen MR) is 144 cm³/mol. The van der Waals surface area contributed by atoms with Gasteiger partial charge in [-0.2, -0.15) is 4.31 Å². The molecule has 1 aromatic heterocycles. The van der Waals surface area contributed by atoms with Gasteiger partial charge < -0.3 is 9.64 Å². The molecule has 1 amide bonds. The molecule has 1 atom stereocenters. The first kappa shape index (κ1) is 26.5. The molecule has 0 spiro atoms. The SMILES string of the molecule is CCOCCCN(CC(=O)N1CCc2sccc2C1c1ccccc1C)S(=O)(=O)c1ccc(C)cc1.